The Morgan fingerprint density at radius 3 is 1.50 bits per heavy atom. The van der Waals surface area contributed by atoms with Gasteiger partial charge in [-0.1, -0.05) is 43.7 Å². The zero-order valence-electron chi connectivity index (χ0n) is 24.0. The van der Waals surface area contributed by atoms with Crippen molar-refractivity contribution >= 4 is 31.9 Å². The maximum atomic E-state index is 6.00. The fourth-order valence-corrected chi connectivity index (χ4v) is 4.46. The van der Waals surface area contributed by atoms with Gasteiger partial charge in [0.25, 0.3) is 0 Å². The van der Waals surface area contributed by atoms with E-state index in [0.717, 1.165) is 32.9 Å². The van der Waals surface area contributed by atoms with Crippen LogP contribution in [-0.2, 0) is 22.3 Å². The Bertz CT molecular complexity index is 1120. The maximum absolute atomic E-state index is 6.00. The van der Waals surface area contributed by atoms with E-state index in [2.05, 4.69) is 43.7 Å². The summed E-state index contributed by atoms with van der Waals surface area (Å²) in [4.78, 5) is 0. The van der Waals surface area contributed by atoms with Crippen LogP contribution in [0.5, 0.6) is 34.5 Å². The molecule has 10 heteroatoms. The molecule has 220 valence electrons. The van der Waals surface area contributed by atoms with E-state index in [-0.39, 0.29) is 0 Å². The lowest BCUT2D eigenvalue weighted by molar-refractivity contribution is 0.172. The van der Waals surface area contributed by atoms with E-state index in [1.54, 1.807) is 42.7 Å². The molecule has 0 heterocycles. The van der Waals surface area contributed by atoms with Gasteiger partial charge in [0.2, 0.25) is 11.5 Å². The Morgan fingerprint density at radius 1 is 0.625 bits per heavy atom. The van der Waals surface area contributed by atoms with Crippen LogP contribution in [-0.4, -0.2) is 79.7 Å². The normalized spacial score (nSPS) is 11.2. The number of alkyl halides is 2. The van der Waals surface area contributed by atoms with Crippen LogP contribution in [0.25, 0.3) is 0 Å². The summed E-state index contributed by atoms with van der Waals surface area (Å²) in [6.07, 6.45) is 1.06. The number of halogens is 2. The average molecular weight is 686 g/mol. The zero-order valence-corrected chi connectivity index (χ0v) is 27.2. The Labute approximate surface area is 254 Å². The summed E-state index contributed by atoms with van der Waals surface area (Å²) in [5, 5.41) is 1.47. The number of hydrogen-bond donors (Lipinski definition) is 0. The first-order chi connectivity index (χ1) is 19.5. The second kappa shape index (κ2) is 18.7. The number of hydrogen-bond acceptors (Lipinski definition) is 8. The molecule has 0 spiro atoms. The lowest BCUT2D eigenvalue weighted by atomic mass is 9.95. The molecule has 2 aromatic carbocycles. The number of ether oxygens (including phenoxy) is 8. The van der Waals surface area contributed by atoms with Crippen LogP contribution >= 0.6 is 31.9 Å². The molecule has 0 unspecified atom stereocenters. The third-order valence-electron chi connectivity index (χ3n) is 5.81. The van der Waals surface area contributed by atoms with Crippen LogP contribution < -0.4 is 28.4 Å². The smallest absolute Gasteiger partial charge is 0.203 e. The molecular formula is C30H38Br2O8. The van der Waals surface area contributed by atoms with E-state index in [1.807, 2.05) is 24.3 Å². The quantitative estimate of drug-likeness (QED) is 0.120. The number of benzene rings is 2. The van der Waals surface area contributed by atoms with Gasteiger partial charge >= 0.3 is 0 Å². The third kappa shape index (κ3) is 9.81. The first-order valence-electron chi connectivity index (χ1n) is 12.5. The minimum absolute atomic E-state index is 0.310. The minimum atomic E-state index is 0.310. The zero-order chi connectivity index (χ0) is 29.3. The Hall–Kier alpha value is -2.58. The number of methoxy groups -OCH3 is 6. The summed E-state index contributed by atoms with van der Waals surface area (Å²) in [6.45, 7) is 1.83. The van der Waals surface area contributed by atoms with Crippen LogP contribution in [0.4, 0.5) is 0 Å². The molecule has 0 saturated carbocycles. The fourth-order valence-electron chi connectivity index (χ4n) is 4.00. The molecule has 8 nitrogen and oxygen atoms in total. The first-order valence-corrected chi connectivity index (χ1v) is 14.8. The summed E-state index contributed by atoms with van der Waals surface area (Å²) in [5.74, 6) is 9.91. The SMILES string of the molecule is COc1cc(C/C(C#CCOCCBr)=C(\COCCBr)Cc2cc(OC)c(OC)c(OC)c2)cc(OC)c1OC. The van der Waals surface area contributed by atoms with Crippen molar-refractivity contribution in [3.63, 3.8) is 0 Å². The van der Waals surface area contributed by atoms with Crippen LogP contribution in [0, 0.1) is 11.8 Å². The van der Waals surface area contributed by atoms with E-state index in [4.69, 9.17) is 37.9 Å². The lowest BCUT2D eigenvalue weighted by Crippen LogP contribution is -2.09. The van der Waals surface area contributed by atoms with Gasteiger partial charge in [0.1, 0.15) is 6.61 Å². The molecule has 0 aliphatic heterocycles. The van der Waals surface area contributed by atoms with Crippen molar-refractivity contribution in [1.29, 1.82) is 0 Å². The Morgan fingerprint density at radius 2 is 1.07 bits per heavy atom. The number of rotatable bonds is 17. The molecule has 0 aliphatic carbocycles. The highest BCUT2D eigenvalue weighted by Crippen LogP contribution is 2.40. The number of allylic oxidation sites excluding steroid dienone is 1. The van der Waals surface area contributed by atoms with Gasteiger partial charge in [-0.2, -0.15) is 0 Å². The molecule has 40 heavy (non-hydrogen) atoms. The van der Waals surface area contributed by atoms with Crippen molar-refractivity contribution in [2.75, 3.05) is 79.7 Å². The predicted octanol–water partition coefficient (Wildman–Crippen LogP) is 5.65. The minimum Gasteiger partial charge on any atom is -0.493 e. The highest BCUT2D eigenvalue weighted by molar-refractivity contribution is 9.09. The molecule has 0 aliphatic rings. The summed E-state index contributed by atoms with van der Waals surface area (Å²) >= 11 is 6.82. The van der Waals surface area contributed by atoms with Crippen molar-refractivity contribution in [2.24, 2.45) is 0 Å². The van der Waals surface area contributed by atoms with E-state index in [1.165, 1.54) is 0 Å². The topological polar surface area (TPSA) is 73.8 Å². The molecule has 0 radical (unpaired) electrons. The second-order valence-electron chi connectivity index (χ2n) is 8.29. The van der Waals surface area contributed by atoms with Gasteiger partial charge in [-0.3, -0.25) is 0 Å². The van der Waals surface area contributed by atoms with Crippen molar-refractivity contribution < 1.29 is 37.9 Å². The molecular weight excluding hydrogens is 648 g/mol. The van der Waals surface area contributed by atoms with Gasteiger partial charge in [-0.15, -0.1) is 0 Å². The van der Waals surface area contributed by atoms with E-state index in [9.17, 15) is 0 Å². The molecule has 2 aromatic rings. The standard InChI is InChI=1S/C30H38Br2O8/c1-33-25-16-21(17-26(34-2)29(25)37-5)14-23(8-7-11-39-12-9-31)24(20-40-13-10-32)15-22-18-27(35-3)30(38-6)28(19-22)36-4/h16-19H,9-15,20H2,1-6H3/b24-23-. The van der Waals surface area contributed by atoms with Gasteiger partial charge in [-0.25, -0.2) is 0 Å². The first kappa shape index (κ1) is 33.6. The third-order valence-corrected chi connectivity index (χ3v) is 6.45. The van der Waals surface area contributed by atoms with E-state index >= 15 is 0 Å². The van der Waals surface area contributed by atoms with Gasteiger partial charge < -0.3 is 37.9 Å². The summed E-state index contributed by atoms with van der Waals surface area (Å²) in [6, 6.07) is 7.74. The van der Waals surface area contributed by atoms with E-state index in [0.29, 0.717) is 73.8 Å². The molecule has 0 bridgehead atoms. The summed E-state index contributed by atoms with van der Waals surface area (Å²) < 4.78 is 44.9. The van der Waals surface area contributed by atoms with Gasteiger partial charge in [0.15, 0.2) is 23.0 Å². The lowest BCUT2D eigenvalue weighted by Gasteiger charge is -2.18. The summed E-state index contributed by atoms with van der Waals surface area (Å²) in [5.41, 5.74) is 3.83. The van der Waals surface area contributed by atoms with Crippen molar-refractivity contribution in [2.45, 2.75) is 12.8 Å². The van der Waals surface area contributed by atoms with Crippen molar-refractivity contribution in [1.82, 2.24) is 0 Å². The highest BCUT2D eigenvalue weighted by atomic mass is 79.9. The van der Waals surface area contributed by atoms with Gasteiger partial charge in [-0.05, 0) is 47.4 Å². The second-order valence-corrected chi connectivity index (χ2v) is 9.87. The van der Waals surface area contributed by atoms with Crippen LogP contribution in [0.15, 0.2) is 35.4 Å². The summed E-state index contributed by atoms with van der Waals surface area (Å²) in [7, 11) is 9.57. The highest BCUT2D eigenvalue weighted by Gasteiger charge is 2.18. The molecule has 0 N–H and O–H groups in total. The van der Waals surface area contributed by atoms with Crippen LogP contribution in [0.1, 0.15) is 11.1 Å². The van der Waals surface area contributed by atoms with Crippen LogP contribution in [0.2, 0.25) is 0 Å². The largest absolute Gasteiger partial charge is 0.493 e. The maximum Gasteiger partial charge on any atom is 0.203 e. The van der Waals surface area contributed by atoms with Gasteiger partial charge in [0.05, 0.1) is 62.5 Å². The van der Waals surface area contributed by atoms with E-state index < -0.39 is 0 Å². The van der Waals surface area contributed by atoms with Gasteiger partial charge in [0, 0.05) is 22.7 Å². The molecule has 2 rings (SSSR count). The molecule has 0 fully saturated rings. The Balaban J connectivity index is 2.65. The monoisotopic (exact) mass is 684 g/mol. The molecule has 0 aromatic heterocycles. The molecule has 0 amide bonds. The molecule has 0 atom stereocenters. The average Bonchev–Trinajstić information content (AvgIpc) is 2.98. The molecule has 0 saturated heterocycles. The Kier molecular flexibility index (Phi) is 15.7. The van der Waals surface area contributed by atoms with Crippen molar-refractivity contribution in [3.05, 3.63) is 46.5 Å². The van der Waals surface area contributed by atoms with Crippen LogP contribution in [0.3, 0.4) is 0 Å². The van der Waals surface area contributed by atoms with Crippen molar-refractivity contribution in [3.8, 4) is 46.3 Å². The predicted molar refractivity (Wildman–Crippen MR) is 164 cm³/mol. The fraction of sp³-hybridized carbons (Fsp3) is 0.467.